The Bertz CT molecular complexity index is 1860. The number of pyridine rings is 1. The summed E-state index contributed by atoms with van der Waals surface area (Å²) in [5, 5.41) is 1.99. The van der Waals surface area contributed by atoms with Crippen LogP contribution in [-0.2, 0) is 11.2 Å². The quantitative estimate of drug-likeness (QED) is 0.346. The molecular weight excluding hydrogens is 472 g/mol. The molecule has 2 N–H and O–H groups in total. The molecule has 6 nitrogen and oxygen atoms in total. The van der Waals surface area contributed by atoms with E-state index in [1.54, 1.807) is 16.8 Å². The average molecular weight is 497 g/mol. The fourth-order valence-electron chi connectivity index (χ4n) is 5.05. The van der Waals surface area contributed by atoms with E-state index in [2.05, 4.69) is 9.97 Å². The van der Waals surface area contributed by atoms with Crippen molar-refractivity contribution in [2.24, 2.45) is 5.73 Å². The van der Waals surface area contributed by atoms with Gasteiger partial charge in [0.25, 0.3) is 5.56 Å². The maximum absolute atomic E-state index is 13.8. The van der Waals surface area contributed by atoms with Crippen LogP contribution in [0.4, 0.5) is 0 Å². The number of hydrogen-bond acceptors (Lipinski definition) is 4. The monoisotopic (exact) mass is 496 g/mol. The van der Waals surface area contributed by atoms with E-state index in [9.17, 15) is 9.59 Å². The van der Waals surface area contributed by atoms with Gasteiger partial charge >= 0.3 is 0 Å². The van der Waals surface area contributed by atoms with Gasteiger partial charge in [-0.3, -0.25) is 14.2 Å². The number of hydrogen-bond donors (Lipinski definition) is 1. The standard InChI is InChI=1S/C32H24N4O2/c33-30(37)29(26-16-7-12-22-11-4-5-15-25(22)26)23-13-6-14-24(20-23)36-31-27(17-8-18-34-31)35-28(32(36)38)19-21-9-2-1-3-10-21/h1-18,20,29H,19H2,(H2,33,37). The van der Waals surface area contributed by atoms with Crippen LogP contribution >= 0.6 is 0 Å². The highest BCUT2D eigenvalue weighted by Crippen LogP contribution is 2.32. The minimum atomic E-state index is -0.693. The lowest BCUT2D eigenvalue weighted by Crippen LogP contribution is -2.26. The zero-order valence-electron chi connectivity index (χ0n) is 20.5. The lowest BCUT2D eigenvalue weighted by molar-refractivity contribution is -0.118. The number of fused-ring (bicyclic) bond motifs is 2. The molecule has 0 spiro atoms. The molecule has 1 atom stereocenters. The largest absolute Gasteiger partial charge is 0.369 e. The third kappa shape index (κ3) is 4.22. The minimum absolute atomic E-state index is 0.252. The fraction of sp³-hybridized carbons (Fsp3) is 0.0625. The van der Waals surface area contributed by atoms with Gasteiger partial charge in [-0.2, -0.15) is 0 Å². The van der Waals surface area contributed by atoms with E-state index >= 15 is 0 Å². The third-order valence-corrected chi connectivity index (χ3v) is 6.78. The summed E-state index contributed by atoms with van der Waals surface area (Å²) in [6.45, 7) is 0. The molecule has 0 bridgehead atoms. The van der Waals surface area contributed by atoms with E-state index < -0.39 is 11.8 Å². The number of rotatable bonds is 6. The highest BCUT2D eigenvalue weighted by Gasteiger charge is 2.23. The first-order valence-electron chi connectivity index (χ1n) is 12.4. The van der Waals surface area contributed by atoms with Gasteiger partial charge in [0, 0.05) is 12.6 Å². The number of primary amides is 1. The first-order valence-corrected chi connectivity index (χ1v) is 12.4. The second-order valence-corrected chi connectivity index (χ2v) is 9.21. The molecule has 2 heterocycles. The van der Waals surface area contributed by atoms with Gasteiger partial charge in [-0.15, -0.1) is 0 Å². The normalized spacial score (nSPS) is 12.0. The summed E-state index contributed by atoms with van der Waals surface area (Å²) >= 11 is 0. The van der Waals surface area contributed by atoms with Crippen molar-refractivity contribution in [2.75, 3.05) is 0 Å². The molecule has 0 saturated heterocycles. The average Bonchev–Trinajstić information content (AvgIpc) is 2.94. The number of benzene rings is 4. The van der Waals surface area contributed by atoms with Crippen LogP contribution in [-0.4, -0.2) is 20.4 Å². The lowest BCUT2D eigenvalue weighted by atomic mass is 9.87. The number of carbonyl (C=O) groups is 1. The van der Waals surface area contributed by atoms with Crippen molar-refractivity contribution in [3.8, 4) is 5.69 Å². The van der Waals surface area contributed by atoms with Crippen LogP contribution in [0.15, 0.2) is 120 Å². The molecule has 38 heavy (non-hydrogen) atoms. The number of amides is 1. The Balaban J connectivity index is 1.53. The Morgan fingerprint density at radius 3 is 2.45 bits per heavy atom. The second-order valence-electron chi connectivity index (χ2n) is 9.21. The smallest absolute Gasteiger partial charge is 0.278 e. The summed E-state index contributed by atoms with van der Waals surface area (Å²) in [5.41, 5.74) is 10.3. The molecular formula is C32H24N4O2. The highest BCUT2D eigenvalue weighted by atomic mass is 16.1. The molecule has 0 fully saturated rings. The molecule has 6 heteroatoms. The summed E-state index contributed by atoms with van der Waals surface area (Å²) in [6.07, 6.45) is 2.03. The van der Waals surface area contributed by atoms with Gasteiger partial charge in [-0.25, -0.2) is 9.97 Å². The predicted octanol–water partition coefficient (Wildman–Crippen LogP) is 5.14. The molecule has 6 rings (SSSR count). The van der Waals surface area contributed by atoms with Gasteiger partial charge in [-0.05, 0) is 51.7 Å². The molecule has 0 saturated carbocycles. The van der Waals surface area contributed by atoms with Crippen molar-refractivity contribution >= 4 is 27.8 Å². The summed E-state index contributed by atoms with van der Waals surface area (Å²) in [6, 6.07) is 34.6. The van der Waals surface area contributed by atoms with Crippen LogP contribution in [0.5, 0.6) is 0 Å². The van der Waals surface area contributed by atoms with Crippen LogP contribution < -0.4 is 11.3 Å². The number of carbonyl (C=O) groups excluding carboxylic acids is 1. The summed E-state index contributed by atoms with van der Waals surface area (Å²) in [4.78, 5) is 35.8. The molecule has 184 valence electrons. The van der Waals surface area contributed by atoms with Gasteiger partial charge in [0.05, 0.1) is 11.6 Å². The van der Waals surface area contributed by atoms with E-state index in [-0.39, 0.29) is 5.56 Å². The Hall–Kier alpha value is -5.10. The third-order valence-electron chi connectivity index (χ3n) is 6.78. The first-order chi connectivity index (χ1) is 18.6. The number of nitrogens with zero attached hydrogens (tertiary/aromatic N) is 3. The molecule has 0 aliphatic heterocycles. The van der Waals surface area contributed by atoms with Crippen molar-refractivity contribution in [3.63, 3.8) is 0 Å². The van der Waals surface area contributed by atoms with Crippen molar-refractivity contribution in [1.82, 2.24) is 14.5 Å². The molecule has 0 radical (unpaired) electrons. The number of nitrogens with two attached hydrogens (primary N) is 1. The second kappa shape index (κ2) is 9.75. The maximum Gasteiger partial charge on any atom is 0.278 e. The van der Waals surface area contributed by atoms with E-state index in [1.807, 2.05) is 103 Å². The van der Waals surface area contributed by atoms with Gasteiger partial charge in [0.2, 0.25) is 5.91 Å². The molecule has 6 aromatic rings. The topological polar surface area (TPSA) is 90.9 Å². The van der Waals surface area contributed by atoms with E-state index in [0.717, 1.165) is 21.9 Å². The lowest BCUT2D eigenvalue weighted by Gasteiger charge is -2.19. The van der Waals surface area contributed by atoms with Crippen LogP contribution in [0.25, 0.3) is 27.6 Å². The van der Waals surface area contributed by atoms with Gasteiger partial charge in [0.1, 0.15) is 11.2 Å². The van der Waals surface area contributed by atoms with E-state index in [0.29, 0.717) is 34.5 Å². The SMILES string of the molecule is NC(=O)C(c1cccc(-n2c(=O)c(Cc3ccccc3)nc3cccnc32)c1)c1cccc2ccccc12. The minimum Gasteiger partial charge on any atom is -0.369 e. The van der Waals surface area contributed by atoms with Crippen molar-refractivity contribution in [1.29, 1.82) is 0 Å². The van der Waals surface area contributed by atoms with Crippen molar-refractivity contribution in [3.05, 3.63) is 148 Å². The maximum atomic E-state index is 13.8. The van der Waals surface area contributed by atoms with Crippen molar-refractivity contribution in [2.45, 2.75) is 12.3 Å². The van der Waals surface area contributed by atoms with Gasteiger partial charge in [0.15, 0.2) is 5.65 Å². The van der Waals surface area contributed by atoms with E-state index in [4.69, 9.17) is 5.73 Å². The predicted molar refractivity (Wildman–Crippen MR) is 149 cm³/mol. The summed E-state index contributed by atoms with van der Waals surface area (Å²) < 4.78 is 1.57. The van der Waals surface area contributed by atoms with Crippen LogP contribution in [0, 0.1) is 0 Å². The molecule has 1 unspecified atom stereocenters. The molecule has 1 amide bonds. The highest BCUT2D eigenvalue weighted by molar-refractivity contribution is 5.94. The summed E-state index contributed by atoms with van der Waals surface area (Å²) in [5.74, 6) is -1.16. The molecule has 0 aliphatic carbocycles. The van der Waals surface area contributed by atoms with Crippen LogP contribution in [0.2, 0.25) is 0 Å². The Morgan fingerprint density at radius 1 is 0.842 bits per heavy atom. The fourth-order valence-corrected chi connectivity index (χ4v) is 5.05. The van der Waals surface area contributed by atoms with Gasteiger partial charge in [-0.1, -0.05) is 84.9 Å². The number of aromatic nitrogens is 3. The Labute approximate surface area is 219 Å². The molecule has 0 aliphatic rings. The van der Waals surface area contributed by atoms with E-state index in [1.165, 1.54) is 0 Å². The first kappa shape index (κ1) is 23.3. The molecule has 2 aromatic heterocycles. The summed E-state index contributed by atoms with van der Waals surface area (Å²) in [7, 11) is 0. The van der Waals surface area contributed by atoms with Crippen molar-refractivity contribution < 1.29 is 4.79 Å². The zero-order valence-corrected chi connectivity index (χ0v) is 20.5. The van der Waals surface area contributed by atoms with Crippen LogP contribution in [0.3, 0.4) is 0 Å². The molecule has 4 aromatic carbocycles. The Kier molecular flexibility index (Phi) is 5.98. The van der Waals surface area contributed by atoms with Crippen LogP contribution in [0.1, 0.15) is 28.3 Å². The van der Waals surface area contributed by atoms with Gasteiger partial charge < -0.3 is 5.73 Å². The Morgan fingerprint density at radius 2 is 1.61 bits per heavy atom. The zero-order chi connectivity index (χ0) is 26.1.